The maximum atomic E-state index is 15.2. The van der Waals surface area contributed by atoms with Gasteiger partial charge in [0.15, 0.2) is 17.3 Å². The first kappa shape index (κ1) is 88.7. The molecule has 2 saturated heterocycles. The van der Waals surface area contributed by atoms with E-state index in [1.807, 2.05) is 0 Å². The minimum absolute atomic E-state index is 0.00604. The van der Waals surface area contributed by atoms with Crippen molar-refractivity contribution in [2.75, 3.05) is 13.1 Å². The Kier molecular flexibility index (Phi) is 33.1. The van der Waals surface area contributed by atoms with Gasteiger partial charge in [-0.1, -0.05) is 71.4 Å². The maximum Gasteiger partial charge on any atom is 0.245 e. The van der Waals surface area contributed by atoms with Crippen molar-refractivity contribution in [1.29, 1.82) is 0 Å². The predicted octanol–water partition coefficient (Wildman–Crippen LogP) is 5.07. The van der Waals surface area contributed by atoms with Crippen LogP contribution in [0.5, 0.6) is 11.5 Å². The number of carbonyl (C=O) groups excluding carboxylic acids is 14. The Labute approximate surface area is 643 Å². The number of H-pyrrole nitrogens is 1. The third kappa shape index (κ3) is 26.3. The number of ketones is 4. The van der Waals surface area contributed by atoms with Crippen LogP contribution in [0.25, 0.3) is 11.0 Å². The first-order valence-electron chi connectivity index (χ1n) is 38.2. The van der Waals surface area contributed by atoms with Gasteiger partial charge < -0.3 is 78.3 Å². The lowest BCUT2D eigenvalue weighted by Gasteiger charge is -2.34. The molecule has 14 N–H and O–H groups in total. The van der Waals surface area contributed by atoms with E-state index in [1.165, 1.54) is 70.7 Å². The van der Waals surface area contributed by atoms with Gasteiger partial charge in [-0.3, -0.25) is 62.3 Å². The van der Waals surface area contributed by atoms with Crippen molar-refractivity contribution in [3.8, 4) is 11.5 Å². The molecule has 6 rings (SSSR count). The number of primary amides is 1. The van der Waals surface area contributed by atoms with Crippen LogP contribution in [0.15, 0.2) is 85.7 Å². The Bertz CT molecular complexity index is 3940. The molecule has 0 radical (unpaired) electrons. The molecule has 4 aromatic rings. The third-order valence-electron chi connectivity index (χ3n) is 20.5. The lowest BCUT2D eigenvalue weighted by atomic mass is 9.80. The molecule has 0 unspecified atom stereocenters. The molecule has 2 aliphatic heterocycles. The molecule has 0 aliphatic carbocycles. The van der Waals surface area contributed by atoms with Gasteiger partial charge in [-0.15, -0.1) is 6.58 Å². The summed E-state index contributed by atoms with van der Waals surface area (Å²) in [7, 11) is 0. The van der Waals surface area contributed by atoms with Crippen LogP contribution in [0.3, 0.4) is 0 Å². The normalized spacial score (nSPS) is 25.8. The number of nitrogens with two attached hydrogens (primary N) is 1. The van der Waals surface area contributed by atoms with Crippen molar-refractivity contribution in [1.82, 2.24) is 57.4 Å². The summed E-state index contributed by atoms with van der Waals surface area (Å²) in [6.07, 6.45) is 3.54. The second-order valence-electron chi connectivity index (χ2n) is 31.4. The zero-order valence-corrected chi connectivity index (χ0v) is 65.1. The van der Waals surface area contributed by atoms with Crippen LogP contribution in [0.4, 0.5) is 0 Å². The van der Waals surface area contributed by atoms with Gasteiger partial charge in [0.1, 0.15) is 52.6 Å². The molecule has 600 valence electrons. The molecule has 0 spiro atoms. The average molecular weight is 1530 g/mol. The van der Waals surface area contributed by atoms with Crippen molar-refractivity contribution in [3.05, 3.63) is 102 Å². The number of aromatic nitrogens is 2. The van der Waals surface area contributed by atoms with Crippen molar-refractivity contribution >= 4 is 93.2 Å². The largest absolute Gasteiger partial charge is 0.508 e. The van der Waals surface area contributed by atoms with Crippen LogP contribution in [0.1, 0.15) is 195 Å². The number of unbranched alkanes of at least 4 members (excludes halogenated alkanes) is 1. The highest BCUT2D eigenvalue weighted by atomic mass is 16.3. The molecule has 2 aromatic carbocycles. The summed E-state index contributed by atoms with van der Waals surface area (Å²) in [5.74, 6) is -14.1. The topological polar surface area (TPSA) is 454 Å². The number of benzene rings is 2. The number of nitrogens with one attached hydrogen (secondary N) is 9. The summed E-state index contributed by atoms with van der Waals surface area (Å²) in [4.78, 5) is 209. The predicted molar refractivity (Wildman–Crippen MR) is 410 cm³/mol. The zero-order chi connectivity index (χ0) is 81.4. The van der Waals surface area contributed by atoms with Gasteiger partial charge in [0, 0.05) is 93.1 Å². The van der Waals surface area contributed by atoms with Gasteiger partial charge in [-0.2, -0.15) is 0 Å². The first-order valence-corrected chi connectivity index (χ1v) is 38.2. The minimum Gasteiger partial charge on any atom is -0.508 e. The van der Waals surface area contributed by atoms with E-state index in [-0.39, 0.29) is 107 Å². The number of aliphatic hydroxyl groups is 1. The van der Waals surface area contributed by atoms with Gasteiger partial charge in [-0.25, -0.2) is 4.98 Å². The molecule has 2 aliphatic rings. The van der Waals surface area contributed by atoms with Gasteiger partial charge >= 0.3 is 0 Å². The molecule has 2 fully saturated rings. The molecule has 0 saturated carbocycles. The molecule has 0 bridgehead atoms. The van der Waals surface area contributed by atoms with E-state index in [1.54, 1.807) is 82.6 Å². The highest BCUT2D eigenvalue weighted by Gasteiger charge is 2.45. The Balaban J connectivity index is 1.37. The number of hydrogen-bond donors (Lipinski definition) is 13. The molecule has 29 heteroatoms. The summed E-state index contributed by atoms with van der Waals surface area (Å²) >= 11 is 0. The zero-order valence-electron chi connectivity index (χ0n) is 65.1. The molecule has 110 heavy (non-hydrogen) atoms. The van der Waals surface area contributed by atoms with E-state index in [2.05, 4.69) is 59.1 Å². The van der Waals surface area contributed by atoms with Crippen molar-refractivity contribution in [2.45, 2.75) is 251 Å². The third-order valence-corrected chi connectivity index (χ3v) is 20.5. The fraction of sp³-hybridized carbons (Fsp3) is 0.568. The Morgan fingerprint density at radius 2 is 1.35 bits per heavy atom. The summed E-state index contributed by atoms with van der Waals surface area (Å²) in [6, 6.07) is 6.94. The number of Topliss-reactive ketones (excluding diaryl/α,β-unsaturated/α-hetero) is 4. The molecule has 29 nitrogen and oxygen atoms in total. The van der Waals surface area contributed by atoms with Crippen LogP contribution in [0, 0.1) is 29.1 Å². The monoisotopic (exact) mass is 1530 g/mol. The number of pyridine rings is 1. The maximum absolute atomic E-state index is 15.2. The number of fused-ring (bicyclic) bond motifs is 2. The number of aromatic amines is 1. The van der Waals surface area contributed by atoms with E-state index in [9.17, 15) is 68.1 Å². The lowest BCUT2D eigenvalue weighted by molar-refractivity contribution is -0.144. The number of aromatic hydroxyl groups is 2. The SMILES string of the molecule is C=CCCC[C@]1(C)NC(=O)[C@H](Cc2c[nH]c3ncccc23)NC(=O)[C@H]([C@@H](C)O)NC(=O)[C@@H]2CCCN2C(=O)[C@H](Cc2ccc(O)cc2)CC(=O)[C@H](C(C)(C)C)NC(=O)[C@@H](CC(C)=O)CCCC(=O)NCCCC[C@@H](C(N)=O)NC(=O)C(C)(C)NC(=O)[C@H](CCC)CC(=O)[C@H](Cc2ccc(O)cc2)NC(=O)[C@H](C)CC1=O. The first-order chi connectivity index (χ1) is 51.8. The Hall–Kier alpha value is -10.2. The van der Waals surface area contributed by atoms with Crippen molar-refractivity contribution < 1.29 is 82.4 Å². The van der Waals surface area contributed by atoms with E-state index in [0.29, 0.717) is 66.2 Å². The van der Waals surface area contributed by atoms with Gasteiger partial charge in [0.25, 0.3) is 0 Å². The second-order valence-corrected chi connectivity index (χ2v) is 31.4. The summed E-state index contributed by atoms with van der Waals surface area (Å²) in [6.45, 7) is 19.3. The number of amides is 10. The van der Waals surface area contributed by atoms with Gasteiger partial charge in [0.05, 0.1) is 23.7 Å². The van der Waals surface area contributed by atoms with Crippen LogP contribution < -0.4 is 48.3 Å². The van der Waals surface area contributed by atoms with Gasteiger partial charge in [0.2, 0.25) is 59.1 Å². The van der Waals surface area contributed by atoms with Crippen LogP contribution >= 0.6 is 0 Å². The lowest BCUT2D eigenvalue weighted by Crippen LogP contribution is -2.62. The number of carbonyl (C=O) groups is 14. The fourth-order valence-electron chi connectivity index (χ4n) is 14.0. The number of hydrogen-bond acceptors (Lipinski definition) is 18. The number of rotatable bonds is 16. The standard InChI is InChI=1S/C81H114N12O17/c1-12-14-16-35-81(11)65(100)39-47(3)71(103)86-60(42-51-29-33-57(97)34-30-51)63(98)44-52(21-13-2)73(105)91-80(9,10)78(110)88-59(69(82)102)24-15-17-36-83-66(101)26-18-22-53(40-48(4)94)72(104)90-68(79(6,7)8)64(99)45-54(41-50-27-31-56(96)32-28-50)77(109)93-38-20-25-62(93)75(107)89-67(49(5)95)76(108)87-61(74(106)92-81)43-55-46-85-70-58(55)23-19-37-84-70/h12,19,23,27-34,37,46-47,49,52-54,59-62,67-68,95-97H,1,13-18,20-22,24-26,35-36,38-45H2,2-11H3,(H2,82,102)(H,83,101)(H,84,85)(H,86,103)(H,87,108)(H,88,110)(H,89,107)(H,90,104)(H,91,105)(H,92,106)/t47-,49-,52-,53-,54-,59+,60+,61+,62+,67+,68-,81+/m1/s1. The smallest absolute Gasteiger partial charge is 0.245 e. The summed E-state index contributed by atoms with van der Waals surface area (Å²) in [5, 5.41) is 54.5. The summed E-state index contributed by atoms with van der Waals surface area (Å²) in [5.41, 5.74) is 3.33. The fourth-order valence-corrected chi connectivity index (χ4v) is 14.0. The number of phenolic OH excluding ortho intramolecular Hbond substituents is 2. The second kappa shape index (κ2) is 41.0. The molecule has 4 heterocycles. The van der Waals surface area contributed by atoms with Crippen LogP contribution in [-0.4, -0.2) is 179 Å². The summed E-state index contributed by atoms with van der Waals surface area (Å²) < 4.78 is 0. The Morgan fingerprint density at radius 1 is 0.709 bits per heavy atom. The van der Waals surface area contributed by atoms with E-state index < -0.39 is 172 Å². The molecule has 10 amide bonds. The molecule has 2 aromatic heterocycles. The van der Waals surface area contributed by atoms with Crippen molar-refractivity contribution in [2.24, 2.45) is 34.8 Å². The van der Waals surface area contributed by atoms with E-state index in [4.69, 9.17) is 5.73 Å². The van der Waals surface area contributed by atoms with E-state index >= 15 is 14.4 Å². The molecule has 12 atom stereocenters. The quantitative estimate of drug-likeness (QED) is 0.0514. The van der Waals surface area contributed by atoms with Crippen molar-refractivity contribution in [3.63, 3.8) is 0 Å². The number of allylic oxidation sites excluding steroid dienone is 1. The van der Waals surface area contributed by atoms with Crippen LogP contribution in [0.2, 0.25) is 0 Å². The highest BCUT2D eigenvalue weighted by molar-refractivity contribution is 6.01. The minimum atomic E-state index is -1.78. The van der Waals surface area contributed by atoms with Gasteiger partial charge in [-0.05, 0) is 177 Å². The Morgan fingerprint density at radius 3 is 1.97 bits per heavy atom. The number of aliphatic hydroxyl groups excluding tert-OH is 1. The average Bonchev–Trinajstić information content (AvgIpc) is 1.67. The number of nitrogens with zero attached hydrogens (tertiary/aromatic N) is 2. The molecular weight excluding hydrogens is 1410 g/mol. The van der Waals surface area contributed by atoms with Crippen LogP contribution in [-0.2, 0) is 86.4 Å². The van der Waals surface area contributed by atoms with E-state index in [0.717, 1.165) is 0 Å². The highest BCUT2D eigenvalue weighted by Crippen LogP contribution is 2.31. The number of phenols is 2. The molecular formula is C81H114N12O17.